The van der Waals surface area contributed by atoms with Crippen molar-refractivity contribution in [2.45, 2.75) is 52.2 Å². The van der Waals surface area contributed by atoms with Crippen molar-refractivity contribution in [3.63, 3.8) is 0 Å². The van der Waals surface area contributed by atoms with Gasteiger partial charge in [-0.2, -0.15) is 17.6 Å². The fourth-order valence-corrected chi connectivity index (χ4v) is 4.20. The van der Waals surface area contributed by atoms with Gasteiger partial charge in [-0.15, -0.1) is 0 Å². The summed E-state index contributed by atoms with van der Waals surface area (Å²) in [6.07, 6.45) is -4.40. The summed E-state index contributed by atoms with van der Waals surface area (Å²) >= 11 is 0. The fraction of sp³-hybridized carbons (Fsp3) is 1.00. The van der Waals surface area contributed by atoms with Crippen molar-refractivity contribution in [1.82, 2.24) is 0 Å². The van der Waals surface area contributed by atoms with Gasteiger partial charge in [0.15, 0.2) is 0 Å². The van der Waals surface area contributed by atoms with Crippen LogP contribution in [0.15, 0.2) is 0 Å². The maximum Gasteiger partial charge on any atom is 0.501 e. The summed E-state index contributed by atoms with van der Waals surface area (Å²) in [6.45, 7) is 5.96. The minimum atomic E-state index is -4.49. The van der Waals surface area contributed by atoms with Crippen LogP contribution in [0.25, 0.3) is 0 Å². The van der Waals surface area contributed by atoms with E-state index in [2.05, 4.69) is 4.74 Å². The molecule has 0 rings (SSSR count). The molecule has 0 bridgehead atoms. The van der Waals surface area contributed by atoms with Crippen molar-refractivity contribution in [1.29, 1.82) is 0 Å². The molecule has 0 saturated carbocycles. The first-order chi connectivity index (χ1) is 9.64. The largest absolute Gasteiger partial charge is 0.501 e. The fourth-order valence-electron chi connectivity index (χ4n) is 1.62. The van der Waals surface area contributed by atoms with E-state index >= 15 is 0 Å². The molecule has 0 N–H and O–H groups in total. The predicted molar refractivity (Wildman–Crippen MR) is 71.6 cm³/mol. The van der Waals surface area contributed by atoms with Crippen LogP contribution in [-0.2, 0) is 18.0 Å². The first kappa shape index (κ1) is 20.8. The monoisotopic (exact) mass is 336 g/mol. The van der Waals surface area contributed by atoms with Crippen LogP contribution in [0.2, 0.25) is 6.04 Å². The standard InChI is InChI=1S/C12H24F4O4Si/c1-5-18-21(19-6-2,20-7-3)10-8-9-17-12(15,16)11(4,13)14/h5-10H2,1-4H3. The van der Waals surface area contributed by atoms with Crippen molar-refractivity contribution >= 4 is 8.80 Å². The van der Waals surface area contributed by atoms with E-state index in [-0.39, 0.29) is 19.4 Å². The lowest BCUT2D eigenvalue weighted by Gasteiger charge is -2.29. The Morgan fingerprint density at radius 3 is 1.62 bits per heavy atom. The Hall–Kier alpha value is -0.223. The second-order valence-electron chi connectivity index (χ2n) is 4.34. The minimum absolute atomic E-state index is 0.0812. The summed E-state index contributed by atoms with van der Waals surface area (Å²) in [7, 11) is -2.95. The molecule has 0 fully saturated rings. The minimum Gasteiger partial charge on any atom is -0.374 e. The third-order valence-electron chi connectivity index (χ3n) is 2.51. The van der Waals surface area contributed by atoms with Gasteiger partial charge in [-0.05, 0) is 27.2 Å². The Bertz CT molecular complexity index is 270. The van der Waals surface area contributed by atoms with Gasteiger partial charge >= 0.3 is 20.8 Å². The SMILES string of the molecule is CCO[Si](CCCOC(F)(F)C(C)(F)F)(OCC)OCC. The van der Waals surface area contributed by atoms with Gasteiger partial charge in [0.05, 0.1) is 6.61 Å². The predicted octanol–water partition coefficient (Wildman–Crippen LogP) is 3.69. The lowest BCUT2D eigenvalue weighted by molar-refractivity contribution is -0.341. The van der Waals surface area contributed by atoms with Crippen LogP contribution in [0.5, 0.6) is 0 Å². The van der Waals surface area contributed by atoms with E-state index in [1.165, 1.54) is 0 Å². The van der Waals surface area contributed by atoms with Gasteiger partial charge in [0.1, 0.15) is 0 Å². The van der Waals surface area contributed by atoms with E-state index in [4.69, 9.17) is 13.3 Å². The highest BCUT2D eigenvalue weighted by atomic mass is 28.4. The molecule has 0 aliphatic heterocycles. The molecule has 128 valence electrons. The van der Waals surface area contributed by atoms with Gasteiger partial charge in [-0.3, -0.25) is 0 Å². The summed E-state index contributed by atoms with van der Waals surface area (Å²) < 4.78 is 71.6. The van der Waals surface area contributed by atoms with Crippen molar-refractivity contribution in [2.24, 2.45) is 0 Å². The normalized spacial score (nSPS) is 13.7. The van der Waals surface area contributed by atoms with Crippen LogP contribution in [0.1, 0.15) is 34.1 Å². The molecule has 21 heavy (non-hydrogen) atoms. The first-order valence-corrected chi connectivity index (χ1v) is 8.88. The van der Waals surface area contributed by atoms with Crippen molar-refractivity contribution in [2.75, 3.05) is 26.4 Å². The van der Waals surface area contributed by atoms with Gasteiger partial charge in [0.25, 0.3) is 0 Å². The topological polar surface area (TPSA) is 36.9 Å². The Balaban J connectivity index is 4.43. The molecule has 0 aliphatic rings. The third-order valence-corrected chi connectivity index (χ3v) is 5.67. The molecular weight excluding hydrogens is 312 g/mol. The number of rotatable bonds is 12. The molecule has 0 radical (unpaired) electrons. The van der Waals surface area contributed by atoms with Crippen LogP contribution < -0.4 is 0 Å². The lowest BCUT2D eigenvalue weighted by Crippen LogP contribution is -2.46. The molecule has 4 nitrogen and oxygen atoms in total. The molecule has 0 heterocycles. The number of alkyl halides is 4. The lowest BCUT2D eigenvalue weighted by atomic mass is 10.3. The molecule has 0 spiro atoms. The van der Waals surface area contributed by atoms with Crippen molar-refractivity contribution in [3.05, 3.63) is 0 Å². The molecule has 9 heteroatoms. The highest BCUT2D eigenvalue weighted by Crippen LogP contribution is 2.34. The maximum atomic E-state index is 12.9. The average Bonchev–Trinajstić information content (AvgIpc) is 2.34. The Labute approximate surface area is 124 Å². The number of hydrogen-bond acceptors (Lipinski definition) is 4. The van der Waals surface area contributed by atoms with Gasteiger partial charge < -0.3 is 18.0 Å². The molecule has 0 aromatic heterocycles. The van der Waals surface area contributed by atoms with Crippen LogP contribution >= 0.6 is 0 Å². The third kappa shape index (κ3) is 7.05. The molecule has 0 saturated heterocycles. The zero-order valence-corrected chi connectivity index (χ0v) is 13.9. The molecule has 0 aliphatic carbocycles. The van der Waals surface area contributed by atoms with Gasteiger partial charge in [-0.25, -0.2) is 0 Å². The number of halogens is 4. The summed E-state index contributed by atoms with van der Waals surface area (Å²) in [4.78, 5) is 0. The summed E-state index contributed by atoms with van der Waals surface area (Å²) in [5.41, 5.74) is 0. The first-order valence-electron chi connectivity index (χ1n) is 6.95. The Morgan fingerprint density at radius 2 is 1.29 bits per heavy atom. The second-order valence-corrected chi connectivity index (χ2v) is 7.07. The second kappa shape index (κ2) is 9.04. The summed E-state index contributed by atoms with van der Waals surface area (Å²) in [6, 6.07) is 0.230. The van der Waals surface area contributed by atoms with Crippen molar-refractivity contribution in [3.8, 4) is 0 Å². The quantitative estimate of drug-likeness (QED) is 0.309. The summed E-state index contributed by atoms with van der Waals surface area (Å²) in [5.74, 6) is -4.22. The number of ether oxygens (including phenoxy) is 1. The van der Waals surface area contributed by atoms with Gasteiger partial charge in [-0.1, -0.05) is 0 Å². The van der Waals surface area contributed by atoms with E-state index in [1.54, 1.807) is 20.8 Å². The van der Waals surface area contributed by atoms with E-state index in [0.29, 0.717) is 19.8 Å². The highest BCUT2D eigenvalue weighted by Gasteiger charge is 2.54. The van der Waals surface area contributed by atoms with E-state index in [1.807, 2.05) is 0 Å². The van der Waals surface area contributed by atoms with Crippen molar-refractivity contribution < 1.29 is 35.6 Å². The smallest absolute Gasteiger partial charge is 0.374 e. The zero-order chi connectivity index (χ0) is 16.6. The molecular formula is C12H24F4O4Si. The molecule has 0 aromatic carbocycles. The molecule has 0 unspecified atom stereocenters. The van der Waals surface area contributed by atoms with Crippen LogP contribution in [0.4, 0.5) is 17.6 Å². The zero-order valence-electron chi connectivity index (χ0n) is 12.9. The Morgan fingerprint density at radius 1 is 0.857 bits per heavy atom. The maximum absolute atomic E-state index is 12.9. The van der Waals surface area contributed by atoms with Crippen LogP contribution in [0, 0.1) is 0 Å². The number of hydrogen-bond donors (Lipinski definition) is 0. The van der Waals surface area contributed by atoms with Gasteiger partial charge in [0, 0.05) is 32.8 Å². The highest BCUT2D eigenvalue weighted by molar-refractivity contribution is 6.60. The van der Waals surface area contributed by atoms with Crippen LogP contribution in [0.3, 0.4) is 0 Å². The summed E-state index contributed by atoms with van der Waals surface area (Å²) in [5, 5.41) is 0. The van der Waals surface area contributed by atoms with E-state index < -0.39 is 27.4 Å². The van der Waals surface area contributed by atoms with Gasteiger partial charge in [0.2, 0.25) is 0 Å². The Kier molecular flexibility index (Phi) is 8.94. The van der Waals surface area contributed by atoms with E-state index in [0.717, 1.165) is 0 Å². The molecule has 0 aromatic rings. The average molecular weight is 336 g/mol. The molecule has 0 amide bonds. The van der Waals surface area contributed by atoms with E-state index in [9.17, 15) is 17.6 Å². The molecule has 0 atom stereocenters. The van der Waals surface area contributed by atoms with Crippen LogP contribution in [-0.4, -0.2) is 47.3 Å².